The molecule has 11 heteroatoms. The number of rotatable bonds is 16. The molecule has 1 nitrogen and oxygen atoms in total. The first-order valence-corrected chi connectivity index (χ1v) is 12.4. The van der Waals surface area contributed by atoms with Crippen molar-refractivity contribution in [3.8, 4) is 0 Å². The van der Waals surface area contributed by atoms with E-state index in [0.717, 1.165) is 19.8 Å². The Labute approximate surface area is 206 Å². The molecule has 0 radical (unpaired) electrons. The lowest BCUT2D eigenvalue weighted by Crippen LogP contribution is -2.50. The van der Waals surface area contributed by atoms with Gasteiger partial charge in [0.25, 0.3) is 0 Å². The third kappa shape index (κ3) is 9.01. The third-order valence-electron chi connectivity index (χ3n) is 6.44. The van der Waals surface area contributed by atoms with E-state index in [1.807, 2.05) is 13.8 Å². The minimum Gasteiger partial charge on any atom is -0.306 e. The Bertz CT molecular complexity index is 780. The van der Waals surface area contributed by atoms with Gasteiger partial charge in [0.15, 0.2) is 29.4 Å². The molecule has 1 aromatic carbocycles. The molecule has 0 saturated heterocycles. The maximum Gasteiger partial charge on any atom is 0.389 e. The molecule has 0 amide bonds. The zero-order valence-electron chi connectivity index (χ0n) is 20.9. The first-order valence-electron chi connectivity index (χ1n) is 12.4. The number of unbranched alkanes of at least 4 members (excludes halogenated alkanes) is 4. The van der Waals surface area contributed by atoms with Gasteiger partial charge in [0.05, 0.1) is 0 Å². The van der Waals surface area contributed by atoms with Crippen LogP contribution < -0.4 is 4.90 Å². The third-order valence-corrected chi connectivity index (χ3v) is 6.44. The number of alkyl halides is 6. The summed E-state index contributed by atoms with van der Waals surface area (Å²) in [7, 11) is 0. The Hall–Kier alpha value is -1.68. The van der Waals surface area contributed by atoms with Gasteiger partial charge in [0, 0.05) is 18.5 Å². The number of benzene rings is 1. The molecule has 36 heavy (non-hydrogen) atoms. The quantitative estimate of drug-likeness (QED) is 0.0665. The van der Waals surface area contributed by atoms with E-state index in [2.05, 4.69) is 0 Å². The Morgan fingerprint density at radius 1 is 0.722 bits per heavy atom. The molecule has 0 aliphatic heterocycles. The summed E-state index contributed by atoms with van der Waals surface area (Å²) in [5.41, 5.74) is -2.54. The van der Waals surface area contributed by atoms with Crippen LogP contribution in [0.5, 0.6) is 0 Å². The van der Waals surface area contributed by atoms with Crippen molar-refractivity contribution in [1.82, 2.24) is 0 Å². The first kappa shape index (κ1) is 32.3. The van der Waals surface area contributed by atoms with Crippen LogP contribution >= 0.6 is 0 Å². The van der Waals surface area contributed by atoms with Crippen LogP contribution in [0.25, 0.3) is 0 Å². The summed E-state index contributed by atoms with van der Waals surface area (Å²) in [6.45, 7) is 3.79. The van der Waals surface area contributed by atoms with Crippen LogP contribution in [0.2, 0.25) is 0 Å². The molecule has 0 saturated carbocycles. The summed E-state index contributed by atoms with van der Waals surface area (Å²) in [5.74, 6) is -8.03. The van der Waals surface area contributed by atoms with Crippen molar-refractivity contribution in [2.24, 2.45) is 5.92 Å². The topological polar surface area (TPSA) is 3.24 Å². The van der Waals surface area contributed by atoms with Crippen LogP contribution in [0, 0.1) is 36.1 Å². The molecule has 2 atom stereocenters. The molecule has 0 aliphatic rings. The first-order chi connectivity index (χ1) is 16.7. The fourth-order valence-electron chi connectivity index (χ4n) is 4.08. The molecule has 1 aromatic rings. The number of hydrogen-bond acceptors (Lipinski definition) is 1. The van der Waals surface area contributed by atoms with Crippen LogP contribution in [0.4, 0.5) is 49.6 Å². The van der Waals surface area contributed by atoms with Gasteiger partial charge < -0.3 is 4.90 Å². The van der Waals surface area contributed by atoms with Crippen LogP contribution in [0.15, 0.2) is 0 Å². The highest BCUT2D eigenvalue weighted by molar-refractivity contribution is 5.54. The lowest BCUT2D eigenvalue weighted by atomic mass is 9.95. The van der Waals surface area contributed by atoms with E-state index >= 15 is 8.78 Å². The Morgan fingerprint density at radius 2 is 1.33 bits per heavy atom. The van der Waals surface area contributed by atoms with Crippen molar-refractivity contribution in [3.05, 3.63) is 28.8 Å². The molecular weight excluding hydrogens is 504 g/mol. The fourth-order valence-corrected chi connectivity index (χ4v) is 4.08. The Balaban J connectivity index is 3.14. The Kier molecular flexibility index (Phi) is 12.9. The predicted octanol–water partition coefficient (Wildman–Crippen LogP) is 9.80. The summed E-state index contributed by atoms with van der Waals surface area (Å²) in [4.78, 5) is -0.157. The number of nitrogens with zero attached hydrogens (tertiary/aromatic N) is 1. The summed E-state index contributed by atoms with van der Waals surface area (Å²) in [6, 6.07) is -4.48. The zero-order chi connectivity index (χ0) is 27.7. The van der Waals surface area contributed by atoms with Crippen molar-refractivity contribution in [1.29, 1.82) is 0 Å². The van der Waals surface area contributed by atoms with Crippen molar-refractivity contribution < 1.29 is 43.9 Å². The summed E-state index contributed by atoms with van der Waals surface area (Å²) >= 11 is 0. The van der Waals surface area contributed by atoms with Crippen molar-refractivity contribution in [3.63, 3.8) is 0 Å². The fraction of sp³-hybridized carbons (Fsp3) is 0.760. The average molecular weight is 540 g/mol. The van der Waals surface area contributed by atoms with E-state index in [0.29, 0.717) is 12.8 Å². The highest BCUT2D eigenvalue weighted by Gasteiger charge is 2.48. The highest BCUT2D eigenvalue weighted by atomic mass is 19.4. The van der Waals surface area contributed by atoms with Gasteiger partial charge in [-0.15, -0.1) is 0 Å². The molecule has 0 fully saturated rings. The van der Waals surface area contributed by atoms with E-state index in [9.17, 15) is 35.1 Å². The molecule has 0 spiro atoms. The summed E-state index contributed by atoms with van der Waals surface area (Å²) in [6.07, 6.45) is -6.60. The lowest BCUT2D eigenvalue weighted by molar-refractivity contribution is -0.135. The smallest absolute Gasteiger partial charge is 0.306 e. The Morgan fingerprint density at radius 3 is 1.89 bits per heavy atom. The van der Waals surface area contributed by atoms with Gasteiger partial charge in [0.1, 0.15) is 5.69 Å². The van der Waals surface area contributed by atoms with Crippen molar-refractivity contribution >= 4 is 5.69 Å². The summed E-state index contributed by atoms with van der Waals surface area (Å²) < 4.78 is 139. The van der Waals surface area contributed by atoms with Gasteiger partial charge in [-0.25, -0.2) is 22.0 Å². The van der Waals surface area contributed by atoms with Crippen molar-refractivity contribution in [2.75, 3.05) is 11.4 Å². The SMILES string of the molecule is CCCCC(CC)CCN(c1c(F)c(C)c(F)c(F)c1F)C(F)(F)C(F)CCCCCCC(F)(F)F. The molecular formula is C25H35F10N. The van der Waals surface area contributed by atoms with Gasteiger partial charge in [-0.2, -0.15) is 22.0 Å². The molecule has 0 aromatic heterocycles. The number of anilines is 1. The van der Waals surface area contributed by atoms with Crippen LogP contribution in [-0.4, -0.2) is 24.9 Å². The molecule has 1 rings (SSSR count). The predicted molar refractivity (Wildman–Crippen MR) is 120 cm³/mol. The second-order valence-electron chi connectivity index (χ2n) is 9.21. The average Bonchev–Trinajstić information content (AvgIpc) is 2.81. The van der Waals surface area contributed by atoms with Crippen LogP contribution in [0.3, 0.4) is 0 Å². The molecule has 0 N–H and O–H groups in total. The van der Waals surface area contributed by atoms with E-state index in [-0.39, 0.29) is 42.9 Å². The van der Waals surface area contributed by atoms with Crippen molar-refractivity contribution in [2.45, 2.75) is 110 Å². The monoisotopic (exact) mass is 539 g/mol. The molecule has 0 bridgehead atoms. The lowest BCUT2D eigenvalue weighted by Gasteiger charge is -2.36. The summed E-state index contributed by atoms with van der Waals surface area (Å²) in [5, 5.41) is 0. The van der Waals surface area contributed by atoms with E-state index in [1.165, 1.54) is 0 Å². The number of hydrogen-bond donors (Lipinski definition) is 0. The molecule has 0 aliphatic carbocycles. The van der Waals surface area contributed by atoms with Crippen LogP contribution in [0.1, 0.15) is 90.0 Å². The van der Waals surface area contributed by atoms with Gasteiger partial charge in [-0.1, -0.05) is 58.8 Å². The van der Waals surface area contributed by atoms with Gasteiger partial charge in [-0.05, 0) is 32.1 Å². The standard InChI is InChI=1S/C25H35F10N/c1-4-6-11-17(5-2)13-15-36(23-20(28)16(3)19(27)21(29)22(23)30)25(34,35)18(26)12-9-7-8-10-14-24(31,32)33/h17-18H,4-15H2,1-3H3. The second-order valence-corrected chi connectivity index (χ2v) is 9.21. The maximum absolute atomic E-state index is 15.3. The minimum atomic E-state index is -4.48. The normalized spacial score (nSPS) is 14.2. The van der Waals surface area contributed by atoms with E-state index in [4.69, 9.17) is 0 Å². The zero-order valence-corrected chi connectivity index (χ0v) is 20.9. The maximum atomic E-state index is 15.3. The number of halogens is 10. The van der Waals surface area contributed by atoms with E-state index in [1.54, 1.807) is 0 Å². The van der Waals surface area contributed by atoms with Crippen LogP contribution in [-0.2, 0) is 0 Å². The minimum absolute atomic E-state index is 0.00712. The highest BCUT2D eigenvalue weighted by Crippen LogP contribution is 2.40. The van der Waals surface area contributed by atoms with Gasteiger partial charge in [0.2, 0.25) is 0 Å². The molecule has 0 heterocycles. The van der Waals surface area contributed by atoms with Gasteiger partial charge in [-0.3, -0.25) is 0 Å². The second kappa shape index (κ2) is 14.3. The van der Waals surface area contributed by atoms with Gasteiger partial charge >= 0.3 is 12.2 Å². The molecule has 2 unspecified atom stereocenters. The van der Waals surface area contributed by atoms with E-state index < -0.39 is 72.3 Å². The molecule has 210 valence electrons. The largest absolute Gasteiger partial charge is 0.389 e.